The fraction of sp³-hybridized carbons (Fsp3) is 0.409. The average Bonchev–Trinajstić information content (AvgIpc) is 2.94. The van der Waals surface area contributed by atoms with E-state index in [1.165, 1.54) is 24.3 Å². The average molecular weight is 387 g/mol. The smallest absolute Gasteiger partial charge is 0.237 e. The van der Waals surface area contributed by atoms with E-state index < -0.39 is 0 Å². The monoisotopic (exact) mass is 387 g/mol. The molecule has 2 aromatic rings. The van der Waals surface area contributed by atoms with Crippen LogP contribution in [0.15, 0.2) is 48.5 Å². The summed E-state index contributed by atoms with van der Waals surface area (Å²) in [6.45, 7) is 7.07. The largest absolute Gasteiger partial charge is 0.370 e. The molecule has 150 valence electrons. The minimum absolute atomic E-state index is 0.0351. The van der Waals surface area contributed by atoms with E-state index in [1.807, 2.05) is 13.8 Å². The third-order valence-corrected chi connectivity index (χ3v) is 5.38. The molecule has 4 nitrogen and oxygen atoms in total. The first-order valence-electron chi connectivity index (χ1n) is 9.74. The fourth-order valence-corrected chi connectivity index (χ4v) is 3.57. The molecule has 2 unspecified atom stereocenters. The summed E-state index contributed by atoms with van der Waals surface area (Å²) in [5.41, 5.74) is 1.88. The topological polar surface area (TPSA) is 35.6 Å². The molecule has 0 bridgehead atoms. The van der Waals surface area contributed by atoms with Crippen molar-refractivity contribution in [2.75, 3.05) is 31.1 Å². The Morgan fingerprint density at radius 1 is 0.893 bits per heavy atom. The van der Waals surface area contributed by atoms with Crippen LogP contribution in [0.4, 0.5) is 14.5 Å². The van der Waals surface area contributed by atoms with Gasteiger partial charge in [0, 0.05) is 31.9 Å². The Morgan fingerprint density at radius 3 is 2.14 bits per heavy atom. The van der Waals surface area contributed by atoms with Gasteiger partial charge in [-0.05, 0) is 62.2 Å². The third kappa shape index (κ3) is 5.07. The minimum atomic E-state index is -0.286. The minimum Gasteiger partial charge on any atom is -0.370 e. The number of nitrogens with zero attached hydrogens (tertiary/aromatic N) is 2. The molecule has 1 amide bonds. The number of hydrogen-bond acceptors (Lipinski definition) is 3. The van der Waals surface area contributed by atoms with E-state index in [4.69, 9.17) is 0 Å². The lowest BCUT2D eigenvalue weighted by atomic mass is 10.1. The van der Waals surface area contributed by atoms with E-state index in [2.05, 4.69) is 15.1 Å². The number of carbonyl (C=O) groups excluding carboxylic acids is 1. The van der Waals surface area contributed by atoms with Gasteiger partial charge in [0.2, 0.25) is 5.91 Å². The van der Waals surface area contributed by atoms with Gasteiger partial charge in [-0.2, -0.15) is 0 Å². The molecule has 0 aliphatic carbocycles. The Balaban J connectivity index is 1.56. The SMILES string of the molecule is CC(NC(=O)C(C)N1CCCN(c2ccc(F)cc2)CC1)c1ccc(F)cc1. The summed E-state index contributed by atoms with van der Waals surface area (Å²) in [6.07, 6.45) is 0.933. The first-order chi connectivity index (χ1) is 13.4. The van der Waals surface area contributed by atoms with Crippen molar-refractivity contribution in [3.63, 3.8) is 0 Å². The standard InChI is InChI=1S/C22H27F2N3O/c1-16(18-4-6-19(23)7-5-18)25-22(28)17(2)26-12-3-13-27(15-14-26)21-10-8-20(24)9-11-21/h4-11,16-17H,3,12-15H2,1-2H3,(H,25,28). The third-order valence-electron chi connectivity index (χ3n) is 5.38. The number of amides is 1. The van der Waals surface area contributed by atoms with Crippen molar-refractivity contribution in [3.8, 4) is 0 Å². The maximum atomic E-state index is 13.1. The Hall–Kier alpha value is -2.47. The fourth-order valence-electron chi connectivity index (χ4n) is 3.57. The second-order valence-electron chi connectivity index (χ2n) is 7.31. The first-order valence-corrected chi connectivity index (χ1v) is 9.74. The Labute approximate surface area is 165 Å². The lowest BCUT2D eigenvalue weighted by Crippen LogP contribution is -2.47. The van der Waals surface area contributed by atoms with Gasteiger partial charge in [-0.3, -0.25) is 9.69 Å². The Kier molecular flexibility index (Phi) is 6.62. The van der Waals surface area contributed by atoms with Crippen LogP contribution in [0, 0.1) is 11.6 Å². The highest BCUT2D eigenvalue weighted by Gasteiger charge is 2.25. The van der Waals surface area contributed by atoms with Crippen molar-refractivity contribution in [1.82, 2.24) is 10.2 Å². The van der Waals surface area contributed by atoms with Gasteiger partial charge in [0.25, 0.3) is 0 Å². The van der Waals surface area contributed by atoms with Crippen molar-refractivity contribution < 1.29 is 13.6 Å². The van der Waals surface area contributed by atoms with Crippen molar-refractivity contribution in [1.29, 1.82) is 0 Å². The Bertz CT molecular complexity index is 779. The molecule has 0 saturated carbocycles. The van der Waals surface area contributed by atoms with Crippen LogP contribution in [0.25, 0.3) is 0 Å². The van der Waals surface area contributed by atoms with Crippen molar-refractivity contribution in [2.24, 2.45) is 0 Å². The number of halogens is 2. The number of hydrogen-bond donors (Lipinski definition) is 1. The summed E-state index contributed by atoms with van der Waals surface area (Å²) >= 11 is 0. The molecular formula is C22H27F2N3O. The van der Waals surface area contributed by atoms with Gasteiger partial charge < -0.3 is 10.2 Å². The van der Waals surface area contributed by atoms with Gasteiger partial charge in [-0.1, -0.05) is 12.1 Å². The van der Waals surface area contributed by atoms with Crippen LogP contribution in [0.1, 0.15) is 31.9 Å². The zero-order valence-corrected chi connectivity index (χ0v) is 16.4. The molecule has 2 aromatic carbocycles. The Morgan fingerprint density at radius 2 is 1.50 bits per heavy atom. The van der Waals surface area contributed by atoms with Crippen LogP contribution < -0.4 is 10.2 Å². The molecule has 6 heteroatoms. The molecule has 0 radical (unpaired) electrons. The van der Waals surface area contributed by atoms with Gasteiger partial charge in [-0.15, -0.1) is 0 Å². The number of benzene rings is 2. The van der Waals surface area contributed by atoms with Gasteiger partial charge >= 0.3 is 0 Å². The summed E-state index contributed by atoms with van der Waals surface area (Å²) in [6, 6.07) is 12.3. The van der Waals surface area contributed by atoms with Crippen molar-refractivity contribution >= 4 is 11.6 Å². The molecule has 0 spiro atoms. The molecule has 1 fully saturated rings. The van der Waals surface area contributed by atoms with Crippen LogP contribution in [-0.4, -0.2) is 43.0 Å². The summed E-state index contributed by atoms with van der Waals surface area (Å²) in [5, 5.41) is 3.02. The van der Waals surface area contributed by atoms with Crippen molar-refractivity contribution in [3.05, 3.63) is 65.7 Å². The van der Waals surface area contributed by atoms with Crippen LogP contribution in [0.5, 0.6) is 0 Å². The quantitative estimate of drug-likeness (QED) is 0.849. The van der Waals surface area contributed by atoms with Gasteiger partial charge in [0.15, 0.2) is 0 Å². The molecular weight excluding hydrogens is 360 g/mol. The predicted octanol–water partition coefficient (Wildman–Crippen LogP) is 3.74. The molecule has 1 saturated heterocycles. The summed E-state index contributed by atoms with van der Waals surface area (Å²) < 4.78 is 26.2. The summed E-state index contributed by atoms with van der Waals surface area (Å²) in [5.74, 6) is -0.557. The van der Waals surface area contributed by atoms with Gasteiger partial charge in [0.05, 0.1) is 12.1 Å². The highest BCUT2D eigenvalue weighted by Crippen LogP contribution is 2.18. The van der Waals surface area contributed by atoms with Crippen LogP contribution in [0.2, 0.25) is 0 Å². The summed E-state index contributed by atoms with van der Waals surface area (Å²) in [7, 11) is 0. The van der Waals surface area contributed by atoms with Gasteiger partial charge in [0.1, 0.15) is 11.6 Å². The van der Waals surface area contributed by atoms with E-state index in [-0.39, 0.29) is 29.6 Å². The van der Waals surface area contributed by atoms with E-state index in [1.54, 1.807) is 24.3 Å². The first kappa shape index (κ1) is 20.3. The van der Waals surface area contributed by atoms with Crippen molar-refractivity contribution in [2.45, 2.75) is 32.4 Å². The highest BCUT2D eigenvalue weighted by molar-refractivity contribution is 5.81. The van der Waals surface area contributed by atoms with Crippen LogP contribution >= 0.6 is 0 Å². The van der Waals surface area contributed by atoms with Crippen LogP contribution in [-0.2, 0) is 4.79 Å². The number of anilines is 1. The van der Waals surface area contributed by atoms with Crippen LogP contribution in [0.3, 0.4) is 0 Å². The molecule has 3 rings (SSSR count). The second kappa shape index (κ2) is 9.15. The van der Waals surface area contributed by atoms with E-state index in [0.717, 1.165) is 43.9 Å². The number of rotatable bonds is 5. The second-order valence-corrected chi connectivity index (χ2v) is 7.31. The highest BCUT2D eigenvalue weighted by atomic mass is 19.1. The lowest BCUT2D eigenvalue weighted by Gasteiger charge is -2.28. The predicted molar refractivity (Wildman–Crippen MR) is 107 cm³/mol. The normalized spacial score (nSPS) is 17.6. The zero-order valence-electron chi connectivity index (χ0n) is 16.4. The molecule has 1 heterocycles. The van der Waals surface area contributed by atoms with E-state index in [0.29, 0.717) is 0 Å². The molecule has 1 aliphatic heterocycles. The summed E-state index contributed by atoms with van der Waals surface area (Å²) in [4.78, 5) is 17.1. The maximum absolute atomic E-state index is 13.1. The lowest BCUT2D eigenvalue weighted by molar-refractivity contribution is -0.126. The maximum Gasteiger partial charge on any atom is 0.237 e. The molecule has 1 N–H and O–H groups in total. The van der Waals surface area contributed by atoms with Gasteiger partial charge in [-0.25, -0.2) is 8.78 Å². The zero-order chi connectivity index (χ0) is 20.1. The molecule has 28 heavy (non-hydrogen) atoms. The molecule has 2 atom stereocenters. The van der Waals surface area contributed by atoms with E-state index >= 15 is 0 Å². The number of carbonyl (C=O) groups is 1. The van der Waals surface area contributed by atoms with E-state index in [9.17, 15) is 13.6 Å². The molecule has 0 aromatic heterocycles. The number of nitrogens with one attached hydrogen (secondary N) is 1. The molecule has 1 aliphatic rings.